The van der Waals surface area contributed by atoms with Crippen molar-refractivity contribution in [2.75, 3.05) is 19.6 Å². The zero-order valence-corrected chi connectivity index (χ0v) is 15.4. The molecule has 2 aromatic rings. The van der Waals surface area contributed by atoms with Gasteiger partial charge in [0.1, 0.15) is 0 Å². The van der Waals surface area contributed by atoms with Crippen molar-refractivity contribution in [2.24, 2.45) is 0 Å². The van der Waals surface area contributed by atoms with Crippen molar-refractivity contribution in [3.63, 3.8) is 0 Å². The minimum absolute atomic E-state index is 0.111. The van der Waals surface area contributed by atoms with E-state index in [4.69, 9.17) is 0 Å². The lowest BCUT2D eigenvalue weighted by atomic mass is 9.88. The minimum Gasteiger partial charge on any atom is -0.355 e. The molecule has 6 nitrogen and oxygen atoms in total. The number of carbonyl (C=O) groups excluding carboxylic acids is 3. The van der Waals surface area contributed by atoms with Crippen LogP contribution >= 0.6 is 0 Å². The molecule has 0 aliphatic rings. The van der Waals surface area contributed by atoms with Crippen LogP contribution in [0.3, 0.4) is 0 Å². The topological polar surface area (TPSA) is 87.3 Å². The Morgan fingerprint density at radius 2 is 1.22 bits per heavy atom. The first-order chi connectivity index (χ1) is 13.1. The lowest BCUT2D eigenvalue weighted by Gasteiger charge is -2.18. The molecule has 0 aromatic heterocycles. The number of rotatable bonds is 9. The van der Waals surface area contributed by atoms with Gasteiger partial charge in [0.05, 0.1) is 13.1 Å². The molecule has 0 unspecified atom stereocenters. The highest BCUT2D eigenvalue weighted by atomic mass is 16.2. The van der Waals surface area contributed by atoms with Crippen molar-refractivity contribution in [3.8, 4) is 0 Å². The van der Waals surface area contributed by atoms with Crippen LogP contribution in [0.2, 0.25) is 0 Å². The predicted octanol–water partition coefficient (Wildman–Crippen LogP) is 1.58. The van der Waals surface area contributed by atoms with Gasteiger partial charge in [0.15, 0.2) is 0 Å². The summed E-state index contributed by atoms with van der Waals surface area (Å²) in [6.45, 7) is 1.58. The third-order valence-electron chi connectivity index (χ3n) is 4.10. The van der Waals surface area contributed by atoms with E-state index in [-0.39, 0.29) is 30.8 Å². The van der Waals surface area contributed by atoms with Gasteiger partial charge < -0.3 is 16.0 Å². The molecule has 0 saturated heterocycles. The first-order valence-corrected chi connectivity index (χ1v) is 8.94. The monoisotopic (exact) mass is 367 g/mol. The van der Waals surface area contributed by atoms with Crippen LogP contribution in [0.5, 0.6) is 0 Å². The first-order valence-electron chi connectivity index (χ1n) is 8.94. The van der Waals surface area contributed by atoms with E-state index in [0.717, 1.165) is 6.42 Å². The lowest BCUT2D eigenvalue weighted by Crippen LogP contribution is -2.41. The smallest absolute Gasteiger partial charge is 0.239 e. The van der Waals surface area contributed by atoms with E-state index in [0.29, 0.717) is 6.54 Å². The average molecular weight is 367 g/mol. The Kier molecular flexibility index (Phi) is 8.03. The summed E-state index contributed by atoms with van der Waals surface area (Å²) in [4.78, 5) is 34.2. The zero-order chi connectivity index (χ0) is 19.5. The second kappa shape index (κ2) is 10.8. The Hall–Kier alpha value is -3.15. The van der Waals surface area contributed by atoms with Crippen LogP contribution in [-0.2, 0) is 14.4 Å². The summed E-state index contributed by atoms with van der Waals surface area (Å²) in [5.41, 5.74) is 2.39. The van der Waals surface area contributed by atoms with Crippen molar-refractivity contribution in [1.82, 2.24) is 16.0 Å². The minimum atomic E-state index is -0.396. The van der Waals surface area contributed by atoms with Crippen LogP contribution in [0.25, 0.3) is 0 Å². The van der Waals surface area contributed by atoms with Gasteiger partial charge in [-0.2, -0.15) is 0 Å². The summed E-state index contributed by atoms with van der Waals surface area (Å²) >= 11 is 0. The Labute approximate surface area is 159 Å². The maximum atomic E-state index is 11.9. The summed E-state index contributed by atoms with van der Waals surface area (Å²) in [7, 11) is 0. The third kappa shape index (κ3) is 7.32. The van der Waals surface area contributed by atoms with Crippen LogP contribution in [0.1, 0.15) is 30.4 Å². The van der Waals surface area contributed by atoms with Crippen molar-refractivity contribution in [1.29, 1.82) is 0 Å². The normalized spacial score (nSPS) is 10.3. The molecule has 0 fully saturated rings. The average Bonchev–Trinajstić information content (AvgIpc) is 2.69. The van der Waals surface area contributed by atoms with Crippen LogP contribution in [0.4, 0.5) is 0 Å². The van der Waals surface area contributed by atoms with E-state index in [9.17, 15) is 14.4 Å². The largest absolute Gasteiger partial charge is 0.355 e. The molecule has 0 radical (unpaired) electrons. The SMILES string of the molecule is CC(=O)NCC(=O)NCC(=O)NCCC(c1ccccc1)c1ccccc1. The molecule has 142 valence electrons. The van der Waals surface area contributed by atoms with Gasteiger partial charge in [-0.25, -0.2) is 0 Å². The van der Waals surface area contributed by atoms with E-state index in [1.54, 1.807) is 0 Å². The summed E-state index contributed by atoms with van der Waals surface area (Å²) < 4.78 is 0. The number of nitrogens with one attached hydrogen (secondary N) is 3. The van der Waals surface area contributed by atoms with Crippen LogP contribution in [-0.4, -0.2) is 37.4 Å². The van der Waals surface area contributed by atoms with E-state index >= 15 is 0 Å². The van der Waals surface area contributed by atoms with Crippen molar-refractivity contribution >= 4 is 17.7 Å². The molecule has 0 spiro atoms. The number of benzene rings is 2. The molecule has 0 aliphatic carbocycles. The van der Waals surface area contributed by atoms with E-state index in [2.05, 4.69) is 40.2 Å². The second-order valence-electron chi connectivity index (χ2n) is 6.20. The molecule has 27 heavy (non-hydrogen) atoms. The molecular formula is C21H25N3O3. The number of hydrogen-bond donors (Lipinski definition) is 3. The quantitative estimate of drug-likeness (QED) is 0.629. The van der Waals surface area contributed by atoms with Gasteiger partial charge >= 0.3 is 0 Å². The van der Waals surface area contributed by atoms with Gasteiger partial charge in [-0.1, -0.05) is 60.7 Å². The fraction of sp³-hybridized carbons (Fsp3) is 0.286. The van der Waals surface area contributed by atoms with Gasteiger partial charge in [0.2, 0.25) is 17.7 Å². The zero-order valence-electron chi connectivity index (χ0n) is 15.4. The Balaban J connectivity index is 1.82. The van der Waals surface area contributed by atoms with Gasteiger partial charge in [0.25, 0.3) is 0 Å². The van der Waals surface area contributed by atoms with Crippen molar-refractivity contribution in [3.05, 3.63) is 71.8 Å². The molecule has 0 bridgehead atoms. The molecule has 2 rings (SSSR count). The molecule has 0 heterocycles. The van der Waals surface area contributed by atoms with Gasteiger partial charge in [-0.3, -0.25) is 14.4 Å². The summed E-state index contributed by atoms with van der Waals surface area (Å²) in [5, 5.41) is 7.69. The summed E-state index contributed by atoms with van der Waals surface area (Å²) in [6, 6.07) is 20.3. The maximum Gasteiger partial charge on any atom is 0.239 e. The van der Waals surface area contributed by atoms with Crippen LogP contribution in [0, 0.1) is 0 Å². The maximum absolute atomic E-state index is 11.9. The summed E-state index contributed by atoms with van der Waals surface area (Å²) in [5.74, 6) is -0.762. The molecule has 0 atom stereocenters. The first kappa shape index (κ1) is 20.2. The highest BCUT2D eigenvalue weighted by Crippen LogP contribution is 2.27. The fourth-order valence-electron chi connectivity index (χ4n) is 2.76. The Morgan fingerprint density at radius 3 is 1.74 bits per heavy atom. The Morgan fingerprint density at radius 1 is 0.741 bits per heavy atom. The molecule has 6 heteroatoms. The van der Waals surface area contributed by atoms with E-state index in [1.165, 1.54) is 18.1 Å². The van der Waals surface area contributed by atoms with Gasteiger partial charge in [-0.05, 0) is 17.5 Å². The molecular weight excluding hydrogens is 342 g/mol. The molecule has 0 saturated carbocycles. The summed E-state index contributed by atoms with van der Waals surface area (Å²) in [6.07, 6.45) is 0.750. The number of carbonyl (C=O) groups is 3. The van der Waals surface area contributed by atoms with Gasteiger partial charge in [0, 0.05) is 19.4 Å². The number of amides is 3. The highest BCUT2D eigenvalue weighted by molar-refractivity contribution is 5.87. The van der Waals surface area contributed by atoms with Crippen molar-refractivity contribution in [2.45, 2.75) is 19.3 Å². The Bertz CT molecular complexity index is 708. The predicted molar refractivity (Wildman–Crippen MR) is 104 cm³/mol. The highest BCUT2D eigenvalue weighted by Gasteiger charge is 2.14. The lowest BCUT2D eigenvalue weighted by molar-refractivity contribution is -0.127. The van der Waals surface area contributed by atoms with Crippen molar-refractivity contribution < 1.29 is 14.4 Å². The van der Waals surface area contributed by atoms with E-state index < -0.39 is 5.91 Å². The van der Waals surface area contributed by atoms with Crippen LogP contribution in [0.15, 0.2) is 60.7 Å². The molecule has 3 N–H and O–H groups in total. The number of hydrogen-bond acceptors (Lipinski definition) is 3. The second-order valence-corrected chi connectivity index (χ2v) is 6.20. The third-order valence-corrected chi connectivity index (χ3v) is 4.10. The van der Waals surface area contributed by atoms with Gasteiger partial charge in [-0.15, -0.1) is 0 Å². The molecule has 0 aliphatic heterocycles. The van der Waals surface area contributed by atoms with E-state index in [1.807, 2.05) is 36.4 Å². The van der Waals surface area contributed by atoms with Crippen LogP contribution < -0.4 is 16.0 Å². The fourth-order valence-corrected chi connectivity index (χ4v) is 2.76. The molecule has 3 amide bonds. The molecule has 2 aromatic carbocycles. The standard InChI is InChI=1S/C21H25N3O3/c1-16(25)23-14-21(27)24-15-20(26)22-13-12-19(17-8-4-2-5-9-17)18-10-6-3-7-11-18/h2-11,19H,12-15H2,1H3,(H,22,26)(H,23,25)(H,24,27).